The van der Waals surface area contributed by atoms with Gasteiger partial charge in [-0.1, -0.05) is 30.3 Å². The molecule has 0 bridgehead atoms. The van der Waals surface area contributed by atoms with E-state index in [1.807, 2.05) is 30.3 Å². The van der Waals surface area contributed by atoms with Gasteiger partial charge < -0.3 is 15.7 Å². The Morgan fingerprint density at radius 2 is 1.85 bits per heavy atom. The van der Waals surface area contributed by atoms with Crippen LogP contribution < -0.4 is 10.6 Å². The molecule has 1 rings (SSSR count). The van der Waals surface area contributed by atoms with Gasteiger partial charge in [0.1, 0.15) is 6.04 Å². The predicted octanol–water partition coefficient (Wildman–Crippen LogP) is 0.701. The molecule has 20 heavy (non-hydrogen) atoms. The maximum atomic E-state index is 11.7. The predicted molar refractivity (Wildman–Crippen MR) is 77.8 cm³/mol. The van der Waals surface area contributed by atoms with Gasteiger partial charge in [-0.3, -0.25) is 9.59 Å². The minimum absolute atomic E-state index is 0.139. The van der Waals surface area contributed by atoms with Crippen LogP contribution in [-0.2, 0) is 9.59 Å². The van der Waals surface area contributed by atoms with Crippen molar-refractivity contribution in [2.45, 2.75) is 25.9 Å². The first-order valence-corrected chi connectivity index (χ1v) is 6.47. The summed E-state index contributed by atoms with van der Waals surface area (Å²) in [5.41, 5.74) is 0.911. The zero-order valence-electron chi connectivity index (χ0n) is 11.7. The van der Waals surface area contributed by atoms with Crippen molar-refractivity contribution in [1.29, 1.82) is 0 Å². The number of aliphatic hydroxyl groups excluding tert-OH is 1. The van der Waals surface area contributed by atoms with Crippen molar-refractivity contribution in [3.8, 4) is 0 Å². The highest BCUT2D eigenvalue weighted by Gasteiger charge is 2.15. The van der Waals surface area contributed by atoms with E-state index in [0.29, 0.717) is 0 Å². The van der Waals surface area contributed by atoms with Crippen LogP contribution in [-0.4, -0.2) is 35.6 Å². The fourth-order valence-corrected chi connectivity index (χ4v) is 1.48. The van der Waals surface area contributed by atoms with E-state index in [1.165, 1.54) is 6.08 Å². The van der Waals surface area contributed by atoms with Crippen molar-refractivity contribution >= 4 is 17.9 Å². The second-order valence-electron chi connectivity index (χ2n) is 4.57. The molecule has 108 valence electrons. The highest BCUT2D eigenvalue weighted by molar-refractivity contribution is 5.95. The molecule has 0 saturated heterocycles. The van der Waals surface area contributed by atoms with Gasteiger partial charge in [0.2, 0.25) is 11.8 Å². The molecule has 0 aliphatic rings. The molecular weight excluding hydrogens is 256 g/mol. The lowest BCUT2D eigenvalue weighted by molar-refractivity contribution is -0.127. The molecule has 0 aliphatic heterocycles. The summed E-state index contributed by atoms with van der Waals surface area (Å²) in [7, 11) is 0. The maximum Gasteiger partial charge on any atom is 0.244 e. The van der Waals surface area contributed by atoms with E-state index in [0.717, 1.165) is 5.56 Å². The molecule has 0 fully saturated rings. The molecule has 3 N–H and O–H groups in total. The van der Waals surface area contributed by atoms with E-state index in [-0.39, 0.29) is 24.5 Å². The largest absolute Gasteiger partial charge is 0.394 e. The number of amides is 2. The Morgan fingerprint density at radius 3 is 2.45 bits per heavy atom. The molecule has 5 nitrogen and oxygen atoms in total. The minimum Gasteiger partial charge on any atom is -0.394 e. The third-order valence-corrected chi connectivity index (χ3v) is 2.64. The smallest absolute Gasteiger partial charge is 0.244 e. The Balaban J connectivity index is 2.45. The van der Waals surface area contributed by atoms with Crippen LogP contribution in [0.2, 0.25) is 0 Å². The molecular formula is C15H20N2O3. The van der Waals surface area contributed by atoms with Gasteiger partial charge in [-0.25, -0.2) is 0 Å². The number of carbonyl (C=O) groups excluding carboxylic acids is 2. The highest BCUT2D eigenvalue weighted by Crippen LogP contribution is 2.00. The molecule has 2 atom stereocenters. The van der Waals surface area contributed by atoms with E-state index in [1.54, 1.807) is 19.9 Å². The number of nitrogens with one attached hydrogen (secondary N) is 2. The molecule has 0 aliphatic carbocycles. The normalized spacial score (nSPS) is 13.8. The van der Waals surface area contributed by atoms with E-state index in [2.05, 4.69) is 10.6 Å². The molecule has 1 aromatic rings. The fourth-order valence-electron chi connectivity index (χ4n) is 1.48. The van der Waals surface area contributed by atoms with Crippen molar-refractivity contribution < 1.29 is 14.7 Å². The molecule has 0 radical (unpaired) electrons. The molecule has 0 saturated carbocycles. The summed E-state index contributed by atoms with van der Waals surface area (Å²) in [5.74, 6) is -0.666. The van der Waals surface area contributed by atoms with Gasteiger partial charge in [-0.05, 0) is 25.5 Å². The quantitative estimate of drug-likeness (QED) is 0.669. The topological polar surface area (TPSA) is 78.4 Å². The van der Waals surface area contributed by atoms with Crippen molar-refractivity contribution in [1.82, 2.24) is 10.6 Å². The van der Waals surface area contributed by atoms with Crippen LogP contribution in [0.3, 0.4) is 0 Å². The summed E-state index contributed by atoms with van der Waals surface area (Å²) in [6.07, 6.45) is 3.06. The van der Waals surface area contributed by atoms with Crippen molar-refractivity contribution in [3.05, 3.63) is 42.0 Å². The third kappa shape index (κ3) is 5.67. The summed E-state index contributed by atoms with van der Waals surface area (Å²) in [4.78, 5) is 23.3. The summed E-state index contributed by atoms with van der Waals surface area (Å²) in [6.45, 7) is 3.13. The van der Waals surface area contributed by atoms with Crippen LogP contribution in [0.15, 0.2) is 36.4 Å². The number of benzene rings is 1. The van der Waals surface area contributed by atoms with Gasteiger partial charge in [0.25, 0.3) is 0 Å². The van der Waals surface area contributed by atoms with Gasteiger partial charge in [0, 0.05) is 12.1 Å². The van der Waals surface area contributed by atoms with Gasteiger partial charge in [-0.15, -0.1) is 0 Å². The van der Waals surface area contributed by atoms with Crippen molar-refractivity contribution in [2.24, 2.45) is 0 Å². The van der Waals surface area contributed by atoms with Crippen LogP contribution in [0.25, 0.3) is 6.08 Å². The highest BCUT2D eigenvalue weighted by atomic mass is 16.3. The number of aliphatic hydroxyl groups is 1. The van der Waals surface area contributed by atoms with Crippen molar-refractivity contribution in [3.63, 3.8) is 0 Å². The fraction of sp³-hybridized carbons (Fsp3) is 0.333. The van der Waals surface area contributed by atoms with E-state index < -0.39 is 6.04 Å². The van der Waals surface area contributed by atoms with Crippen LogP contribution >= 0.6 is 0 Å². The van der Waals surface area contributed by atoms with Crippen molar-refractivity contribution in [2.75, 3.05) is 6.61 Å². The number of hydrogen-bond acceptors (Lipinski definition) is 3. The van der Waals surface area contributed by atoms with Gasteiger partial charge in [-0.2, -0.15) is 0 Å². The number of hydrogen-bond donors (Lipinski definition) is 3. The lowest BCUT2D eigenvalue weighted by Gasteiger charge is -2.16. The van der Waals surface area contributed by atoms with Crippen LogP contribution in [0.4, 0.5) is 0 Å². The van der Waals surface area contributed by atoms with Crippen LogP contribution in [0.5, 0.6) is 0 Å². The molecule has 0 heterocycles. The zero-order chi connectivity index (χ0) is 15.0. The Bertz CT molecular complexity index is 471. The maximum absolute atomic E-state index is 11.7. The van der Waals surface area contributed by atoms with Gasteiger partial charge in [0.05, 0.1) is 6.61 Å². The summed E-state index contributed by atoms with van der Waals surface area (Å²) >= 11 is 0. The monoisotopic (exact) mass is 276 g/mol. The Hall–Kier alpha value is -2.14. The third-order valence-electron chi connectivity index (χ3n) is 2.64. The van der Waals surface area contributed by atoms with E-state index in [4.69, 9.17) is 5.11 Å². The Morgan fingerprint density at radius 1 is 1.20 bits per heavy atom. The number of carbonyl (C=O) groups is 2. The number of rotatable bonds is 6. The first-order valence-electron chi connectivity index (χ1n) is 6.47. The second-order valence-corrected chi connectivity index (χ2v) is 4.57. The van der Waals surface area contributed by atoms with Crippen LogP contribution in [0.1, 0.15) is 19.4 Å². The van der Waals surface area contributed by atoms with Gasteiger partial charge >= 0.3 is 0 Å². The molecule has 2 amide bonds. The first kappa shape index (κ1) is 15.9. The van der Waals surface area contributed by atoms with Crippen LogP contribution in [0, 0.1) is 0 Å². The Labute approximate surface area is 118 Å². The molecule has 0 spiro atoms. The molecule has 2 unspecified atom stereocenters. The molecule has 1 aromatic carbocycles. The summed E-state index contributed by atoms with van der Waals surface area (Å²) < 4.78 is 0. The molecule has 5 heteroatoms. The van der Waals surface area contributed by atoms with E-state index in [9.17, 15) is 9.59 Å². The average Bonchev–Trinajstić information content (AvgIpc) is 2.45. The lowest BCUT2D eigenvalue weighted by atomic mass is 10.2. The van der Waals surface area contributed by atoms with E-state index >= 15 is 0 Å². The Kier molecular flexibility index (Phi) is 6.46. The summed E-state index contributed by atoms with van der Waals surface area (Å²) in [6, 6.07) is 8.42. The lowest BCUT2D eigenvalue weighted by Crippen LogP contribution is -2.47. The van der Waals surface area contributed by atoms with Gasteiger partial charge in [0.15, 0.2) is 0 Å². The molecule has 0 aromatic heterocycles. The minimum atomic E-state index is -0.656. The zero-order valence-corrected chi connectivity index (χ0v) is 11.7. The summed E-state index contributed by atoms with van der Waals surface area (Å²) in [5, 5.41) is 14.0. The first-order chi connectivity index (χ1) is 9.52. The average molecular weight is 276 g/mol. The second kappa shape index (κ2) is 8.12. The SMILES string of the molecule is CC(CO)NC(=O)C(C)NC(=O)/C=C/c1ccccc1. The standard InChI is InChI=1S/C15H20N2O3/c1-11(10-18)16-15(20)12(2)17-14(19)9-8-13-6-4-3-5-7-13/h3-9,11-12,18H,10H2,1-2H3,(H,16,20)(H,17,19)/b9-8+.